The summed E-state index contributed by atoms with van der Waals surface area (Å²) in [6.45, 7) is 2.49. The van der Waals surface area contributed by atoms with Crippen molar-refractivity contribution in [3.8, 4) is 0 Å². The number of nitrogens with zero attached hydrogens (tertiary/aromatic N) is 1. The van der Waals surface area contributed by atoms with Crippen LogP contribution in [0.2, 0.25) is 0 Å². The number of halogens is 3. The fraction of sp³-hybridized carbons (Fsp3) is 0.444. The summed E-state index contributed by atoms with van der Waals surface area (Å²) in [4.78, 5) is 48.3. The van der Waals surface area contributed by atoms with E-state index < -0.39 is 48.1 Å². The molecule has 4 amide bonds. The van der Waals surface area contributed by atoms with Crippen LogP contribution >= 0.6 is 0 Å². The van der Waals surface area contributed by atoms with Crippen LogP contribution in [0.15, 0.2) is 24.3 Å². The lowest BCUT2D eigenvalue weighted by molar-refractivity contribution is -0.152. The van der Waals surface area contributed by atoms with Gasteiger partial charge in [-0.25, -0.2) is 4.79 Å². The van der Waals surface area contributed by atoms with Gasteiger partial charge >= 0.3 is 18.2 Å². The van der Waals surface area contributed by atoms with Crippen LogP contribution in [0.1, 0.15) is 25.8 Å². The third-order valence-corrected chi connectivity index (χ3v) is 3.96. The Morgan fingerprint density at radius 1 is 1.28 bits per heavy atom. The SMILES string of the molecule is CC(C)NC(=O)NC(=O)COC(=O)[C@H]1CC(=O)N(c2cccc(C(F)(F)F)c2)C1. The van der Waals surface area contributed by atoms with E-state index in [-0.39, 0.29) is 24.7 Å². The Balaban J connectivity index is 1.92. The molecule has 0 aliphatic carbocycles. The Hall–Kier alpha value is -3.11. The van der Waals surface area contributed by atoms with Crippen molar-refractivity contribution in [3.05, 3.63) is 29.8 Å². The maximum Gasteiger partial charge on any atom is 0.416 e. The van der Waals surface area contributed by atoms with E-state index in [2.05, 4.69) is 5.32 Å². The molecule has 1 fully saturated rings. The predicted molar refractivity (Wildman–Crippen MR) is 94.7 cm³/mol. The van der Waals surface area contributed by atoms with Crippen molar-refractivity contribution < 1.29 is 37.1 Å². The van der Waals surface area contributed by atoms with Crippen LogP contribution in [-0.2, 0) is 25.3 Å². The minimum atomic E-state index is -4.56. The molecule has 1 aliphatic heterocycles. The Labute approximate surface area is 164 Å². The third kappa shape index (κ3) is 6.19. The normalized spacial score (nSPS) is 16.7. The van der Waals surface area contributed by atoms with Gasteiger partial charge in [-0.2, -0.15) is 13.2 Å². The number of ether oxygens (including phenoxy) is 1. The number of imide groups is 1. The van der Waals surface area contributed by atoms with Crippen molar-refractivity contribution in [1.29, 1.82) is 0 Å². The van der Waals surface area contributed by atoms with Crippen LogP contribution < -0.4 is 15.5 Å². The van der Waals surface area contributed by atoms with Crippen LogP contribution in [0.5, 0.6) is 0 Å². The van der Waals surface area contributed by atoms with E-state index in [9.17, 15) is 32.3 Å². The molecule has 8 nitrogen and oxygen atoms in total. The van der Waals surface area contributed by atoms with E-state index in [0.717, 1.165) is 17.0 Å². The Morgan fingerprint density at radius 2 is 1.97 bits per heavy atom. The molecule has 1 aliphatic rings. The number of nitrogens with one attached hydrogen (secondary N) is 2. The fourth-order valence-corrected chi connectivity index (χ4v) is 2.68. The average molecular weight is 415 g/mol. The lowest BCUT2D eigenvalue weighted by Crippen LogP contribution is -2.44. The molecular weight excluding hydrogens is 395 g/mol. The number of alkyl halides is 3. The topological polar surface area (TPSA) is 105 Å². The molecule has 1 atom stereocenters. The molecule has 0 unspecified atom stereocenters. The van der Waals surface area contributed by atoms with Gasteiger partial charge in [0.25, 0.3) is 5.91 Å². The van der Waals surface area contributed by atoms with Gasteiger partial charge in [0, 0.05) is 24.7 Å². The molecule has 0 bridgehead atoms. The minimum Gasteiger partial charge on any atom is -0.455 e. The summed E-state index contributed by atoms with van der Waals surface area (Å²) in [5.74, 6) is -3.18. The summed E-state index contributed by atoms with van der Waals surface area (Å²) in [5.41, 5.74) is -0.895. The van der Waals surface area contributed by atoms with Crippen LogP contribution in [0.3, 0.4) is 0 Å². The lowest BCUT2D eigenvalue weighted by Gasteiger charge is -2.18. The van der Waals surface area contributed by atoms with Crippen molar-refractivity contribution in [2.75, 3.05) is 18.1 Å². The first kappa shape index (κ1) is 22.2. The van der Waals surface area contributed by atoms with E-state index in [4.69, 9.17) is 4.74 Å². The van der Waals surface area contributed by atoms with Crippen LogP contribution in [0.25, 0.3) is 0 Å². The molecule has 29 heavy (non-hydrogen) atoms. The number of anilines is 1. The van der Waals surface area contributed by atoms with Crippen molar-refractivity contribution in [3.63, 3.8) is 0 Å². The molecule has 0 radical (unpaired) electrons. The first-order valence-corrected chi connectivity index (χ1v) is 8.72. The molecule has 0 spiro atoms. The molecular formula is C18H20F3N3O5. The standard InChI is InChI=1S/C18H20F3N3O5/c1-10(2)22-17(28)23-14(25)9-29-16(27)11-6-15(26)24(8-11)13-5-3-4-12(7-13)18(19,20)21/h3-5,7,10-11H,6,8-9H2,1-2H3,(H2,22,23,25,28)/t11-/m0/s1. The molecule has 0 aromatic heterocycles. The van der Waals surface area contributed by atoms with E-state index >= 15 is 0 Å². The number of amides is 4. The largest absolute Gasteiger partial charge is 0.455 e. The summed E-state index contributed by atoms with van der Waals surface area (Å²) in [5, 5.41) is 4.39. The Kier molecular flexibility index (Phi) is 6.83. The number of carbonyl (C=O) groups excluding carboxylic acids is 4. The minimum absolute atomic E-state index is 0.0169. The maximum absolute atomic E-state index is 12.8. The van der Waals surface area contributed by atoms with Crippen molar-refractivity contribution in [2.24, 2.45) is 5.92 Å². The van der Waals surface area contributed by atoms with Gasteiger partial charge in [0.2, 0.25) is 5.91 Å². The first-order valence-electron chi connectivity index (χ1n) is 8.72. The average Bonchev–Trinajstić information content (AvgIpc) is 3.00. The summed E-state index contributed by atoms with van der Waals surface area (Å²) in [6.07, 6.45) is -4.82. The second-order valence-corrected chi connectivity index (χ2v) is 6.74. The van der Waals surface area contributed by atoms with Gasteiger partial charge in [-0.05, 0) is 32.0 Å². The Morgan fingerprint density at radius 3 is 2.59 bits per heavy atom. The zero-order chi connectivity index (χ0) is 21.8. The first-order chi connectivity index (χ1) is 13.5. The second-order valence-electron chi connectivity index (χ2n) is 6.74. The van der Waals surface area contributed by atoms with Gasteiger partial charge < -0.3 is 15.0 Å². The number of esters is 1. The van der Waals surface area contributed by atoms with Crippen LogP contribution in [0, 0.1) is 5.92 Å². The molecule has 158 valence electrons. The van der Waals surface area contributed by atoms with E-state index in [0.29, 0.717) is 0 Å². The molecule has 1 heterocycles. The molecule has 1 saturated heterocycles. The van der Waals surface area contributed by atoms with Gasteiger partial charge in [0.15, 0.2) is 6.61 Å². The molecule has 1 aromatic carbocycles. The highest BCUT2D eigenvalue weighted by Gasteiger charge is 2.37. The fourth-order valence-electron chi connectivity index (χ4n) is 2.68. The van der Waals surface area contributed by atoms with Gasteiger partial charge in [-0.3, -0.25) is 19.7 Å². The van der Waals surface area contributed by atoms with Gasteiger partial charge in [0.05, 0.1) is 11.5 Å². The smallest absolute Gasteiger partial charge is 0.416 e. The Bertz CT molecular complexity index is 810. The number of benzene rings is 1. The van der Waals surface area contributed by atoms with E-state index in [1.54, 1.807) is 13.8 Å². The highest BCUT2D eigenvalue weighted by molar-refractivity contribution is 6.00. The summed E-state index contributed by atoms with van der Waals surface area (Å²) in [7, 11) is 0. The quantitative estimate of drug-likeness (QED) is 0.714. The summed E-state index contributed by atoms with van der Waals surface area (Å²) in [6, 6.07) is 3.27. The van der Waals surface area contributed by atoms with Crippen molar-refractivity contribution in [2.45, 2.75) is 32.5 Å². The molecule has 2 N–H and O–H groups in total. The molecule has 1 aromatic rings. The zero-order valence-corrected chi connectivity index (χ0v) is 15.7. The monoisotopic (exact) mass is 415 g/mol. The highest BCUT2D eigenvalue weighted by Crippen LogP contribution is 2.33. The van der Waals surface area contributed by atoms with Gasteiger partial charge in [0.1, 0.15) is 0 Å². The maximum atomic E-state index is 12.8. The molecule has 2 rings (SSSR count). The third-order valence-electron chi connectivity index (χ3n) is 3.96. The highest BCUT2D eigenvalue weighted by atomic mass is 19.4. The molecule has 0 saturated carbocycles. The number of rotatable bonds is 5. The zero-order valence-electron chi connectivity index (χ0n) is 15.7. The van der Waals surface area contributed by atoms with E-state index in [1.165, 1.54) is 12.1 Å². The number of hydrogen-bond acceptors (Lipinski definition) is 5. The molecule has 11 heteroatoms. The second kappa shape index (κ2) is 8.93. The number of hydrogen-bond donors (Lipinski definition) is 2. The summed E-state index contributed by atoms with van der Waals surface area (Å²) >= 11 is 0. The van der Waals surface area contributed by atoms with Gasteiger partial charge in [-0.1, -0.05) is 6.07 Å². The van der Waals surface area contributed by atoms with Crippen molar-refractivity contribution >= 4 is 29.5 Å². The summed E-state index contributed by atoms with van der Waals surface area (Å²) < 4.78 is 43.4. The predicted octanol–water partition coefficient (Wildman–Crippen LogP) is 1.84. The van der Waals surface area contributed by atoms with E-state index in [1.807, 2.05) is 5.32 Å². The van der Waals surface area contributed by atoms with Crippen molar-refractivity contribution in [1.82, 2.24) is 10.6 Å². The van der Waals surface area contributed by atoms with Gasteiger partial charge in [-0.15, -0.1) is 0 Å². The lowest BCUT2D eigenvalue weighted by atomic mass is 10.1. The van der Waals surface area contributed by atoms with Crippen LogP contribution in [-0.4, -0.2) is 43.0 Å². The van der Waals surface area contributed by atoms with Crippen LogP contribution in [0.4, 0.5) is 23.7 Å². The number of urea groups is 1. The number of carbonyl (C=O) groups is 4.